The van der Waals surface area contributed by atoms with Gasteiger partial charge in [0.05, 0.1) is 0 Å². The van der Waals surface area contributed by atoms with E-state index >= 15 is 0 Å². The second-order valence-electron chi connectivity index (χ2n) is 0.619. The monoisotopic (exact) mass is 97.0 g/mol. The Hall–Kier alpha value is 0.270. The molecule has 0 atom stereocenters. The minimum absolute atomic E-state index is 0. The van der Waals surface area contributed by atoms with Crippen LogP contribution in [0.5, 0.6) is 0 Å². The molecule has 0 radical (unpaired) electrons. The van der Waals surface area contributed by atoms with Crippen LogP contribution in [0.3, 0.4) is 0 Å². The van der Waals surface area contributed by atoms with E-state index in [0.29, 0.717) is 0 Å². The van der Waals surface area contributed by atoms with E-state index < -0.39 is 5.90 Å². The normalized spacial score (nSPS) is 9.83. The van der Waals surface area contributed by atoms with Gasteiger partial charge in [0.15, 0.2) is 0 Å². The smallest absolute Gasteiger partial charge is 0.860 e. The fourth-order valence-electron chi connectivity index (χ4n) is 0. The Labute approximate surface area is 58.0 Å². The van der Waals surface area contributed by atoms with Crippen LogP contribution in [0, 0.1) is 0 Å². The van der Waals surface area contributed by atoms with E-state index in [1.807, 2.05) is 0 Å². The fourth-order valence-corrected chi connectivity index (χ4v) is 0. The van der Waals surface area contributed by atoms with E-state index in [2.05, 4.69) is 5.16 Å². The zero-order valence-electron chi connectivity index (χ0n) is 3.80. The standard InChI is InChI=1S/C2H5NO2.Na/c1-2(4)3-5;/h5H,1H3,(H,3,4);/q;+1/p-1. The number of oxime groups is 1. The van der Waals surface area contributed by atoms with Crippen molar-refractivity contribution in [3.05, 3.63) is 0 Å². The predicted octanol–water partition coefficient (Wildman–Crippen LogP) is -3.84. The second-order valence-corrected chi connectivity index (χ2v) is 0.619. The Kier molecular flexibility index (Phi) is 8.39. The van der Waals surface area contributed by atoms with Crippen LogP contribution in [0.15, 0.2) is 5.16 Å². The van der Waals surface area contributed by atoms with Gasteiger partial charge in [-0.3, -0.25) is 0 Å². The molecule has 0 fully saturated rings. The second kappa shape index (κ2) is 5.27. The summed E-state index contributed by atoms with van der Waals surface area (Å²) in [6, 6.07) is 0. The minimum atomic E-state index is -0.565. The van der Waals surface area contributed by atoms with E-state index in [1.165, 1.54) is 6.92 Å². The summed E-state index contributed by atoms with van der Waals surface area (Å²) < 4.78 is 0. The molecule has 0 rings (SSSR count). The van der Waals surface area contributed by atoms with Gasteiger partial charge in [-0.05, 0) is 6.92 Å². The Balaban J connectivity index is 0. The van der Waals surface area contributed by atoms with Crippen molar-refractivity contribution in [3.63, 3.8) is 0 Å². The van der Waals surface area contributed by atoms with Crippen molar-refractivity contribution < 1.29 is 39.9 Å². The van der Waals surface area contributed by atoms with Crippen LogP contribution in [0.25, 0.3) is 0 Å². The molecule has 30 valence electrons. The zero-order chi connectivity index (χ0) is 4.28. The molecule has 0 aliphatic carbocycles. The maximum Gasteiger partial charge on any atom is 1.00 e. The van der Waals surface area contributed by atoms with Crippen LogP contribution in [0.4, 0.5) is 0 Å². The molecule has 0 heterocycles. The topological polar surface area (TPSA) is 55.7 Å². The molecular weight excluding hydrogens is 93.0 g/mol. The summed E-state index contributed by atoms with van der Waals surface area (Å²) in [7, 11) is 0. The van der Waals surface area contributed by atoms with Crippen LogP contribution in [0.2, 0.25) is 0 Å². The maximum atomic E-state index is 9.40. The van der Waals surface area contributed by atoms with E-state index in [4.69, 9.17) is 5.21 Å². The minimum Gasteiger partial charge on any atom is -0.860 e. The summed E-state index contributed by atoms with van der Waals surface area (Å²) in [5.74, 6) is -0.565. The largest absolute Gasteiger partial charge is 1.00 e. The average molecular weight is 97.0 g/mol. The van der Waals surface area contributed by atoms with Crippen molar-refractivity contribution in [3.8, 4) is 0 Å². The van der Waals surface area contributed by atoms with Gasteiger partial charge in [0.1, 0.15) is 0 Å². The average Bonchev–Trinajstić information content (AvgIpc) is 1.38. The molecule has 1 N–H and O–H groups in total. The van der Waals surface area contributed by atoms with Gasteiger partial charge in [0.2, 0.25) is 0 Å². The van der Waals surface area contributed by atoms with Gasteiger partial charge in [-0.25, -0.2) is 0 Å². The molecular formula is C2H4NNaO2. The fraction of sp³-hybridized carbons (Fsp3) is 0.500. The van der Waals surface area contributed by atoms with E-state index in [9.17, 15) is 5.11 Å². The van der Waals surface area contributed by atoms with Crippen molar-refractivity contribution in [1.82, 2.24) is 0 Å². The first-order valence-corrected chi connectivity index (χ1v) is 1.13. The molecule has 0 aliphatic heterocycles. The van der Waals surface area contributed by atoms with Crippen LogP contribution in [-0.4, -0.2) is 11.1 Å². The third-order valence-corrected chi connectivity index (χ3v) is 0.141. The van der Waals surface area contributed by atoms with E-state index in [0.717, 1.165) is 0 Å². The number of rotatable bonds is 0. The van der Waals surface area contributed by atoms with Gasteiger partial charge in [-0.1, -0.05) is 0 Å². The number of nitrogens with zero attached hydrogens (tertiary/aromatic N) is 1. The molecule has 0 spiro atoms. The molecule has 0 saturated carbocycles. The number of hydrogen-bond donors (Lipinski definition) is 1. The molecule has 0 saturated heterocycles. The summed E-state index contributed by atoms with van der Waals surface area (Å²) in [6.07, 6.45) is 0. The van der Waals surface area contributed by atoms with Crippen molar-refractivity contribution in [2.24, 2.45) is 5.16 Å². The molecule has 3 nitrogen and oxygen atoms in total. The molecule has 0 aromatic rings. The Morgan fingerprint density at radius 2 is 2.00 bits per heavy atom. The van der Waals surface area contributed by atoms with E-state index in [1.54, 1.807) is 0 Å². The molecule has 0 aromatic heterocycles. The first kappa shape index (κ1) is 9.55. The summed E-state index contributed by atoms with van der Waals surface area (Å²) in [5.41, 5.74) is 0. The molecule has 4 heteroatoms. The molecule has 0 aliphatic rings. The van der Waals surface area contributed by atoms with Crippen LogP contribution < -0.4 is 34.7 Å². The first-order valence-electron chi connectivity index (χ1n) is 1.13. The van der Waals surface area contributed by atoms with Crippen LogP contribution in [-0.2, 0) is 0 Å². The zero-order valence-corrected chi connectivity index (χ0v) is 5.80. The Morgan fingerprint density at radius 3 is 2.00 bits per heavy atom. The molecule has 6 heavy (non-hydrogen) atoms. The van der Waals surface area contributed by atoms with Gasteiger partial charge in [-0.15, -0.1) is 5.16 Å². The van der Waals surface area contributed by atoms with E-state index in [-0.39, 0.29) is 29.6 Å². The third-order valence-electron chi connectivity index (χ3n) is 0.141. The Morgan fingerprint density at radius 1 is 1.83 bits per heavy atom. The predicted molar refractivity (Wildman–Crippen MR) is 14.9 cm³/mol. The van der Waals surface area contributed by atoms with Gasteiger partial charge in [0.25, 0.3) is 0 Å². The van der Waals surface area contributed by atoms with Gasteiger partial charge < -0.3 is 10.3 Å². The molecule has 0 aromatic carbocycles. The van der Waals surface area contributed by atoms with Gasteiger partial charge in [-0.2, -0.15) is 0 Å². The SMILES string of the molecule is CC([O-])=NO.[Na+]. The Bertz CT molecular complexity index is 49.5. The van der Waals surface area contributed by atoms with Gasteiger partial charge in [0, 0.05) is 5.90 Å². The summed E-state index contributed by atoms with van der Waals surface area (Å²) in [5, 5.41) is 19.1. The van der Waals surface area contributed by atoms with Crippen molar-refractivity contribution in [2.45, 2.75) is 6.92 Å². The quantitative estimate of drug-likeness (QED) is 0.111. The molecule has 0 unspecified atom stereocenters. The van der Waals surface area contributed by atoms with Crippen molar-refractivity contribution in [1.29, 1.82) is 0 Å². The number of hydrogen-bond acceptors (Lipinski definition) is 3. The third kappa shape index (κ3) is 8.86. The maximum absolute atomic E-state index is 9.40. The summed E-state index contributed by atoms with van der Waals surface area (Å²) in [4.78, 5) is 0. The molecule has 0 amide bonds. The first-order chi connectivity index (χ1) is 2.27. The van der Waals surface area contributed by atoms with Gasteiger partial charge >= 0.3 is 29.6 Å². The van der Waals surface area contributed by atoms with Crippen molar-refractivity contribution >= 4 is 5.90 Å². The summed E-state index contributed by atoms with van der Waals surface area (Å²) >= 11 is 0. The van der Waals surface area contributed by atoms with Crippen LogP contribution >= 0.6 is 0 Å². The van der Waals surface area contributed by atoms with Crippen LogP contribution in [0.1, 0.15) is 6.92 Å². The summed E-state index contributed by atoms with van der Waals surface area (Å²) in [6.45, 7) is 1.17. The molecule has 0 bridgehead atoms. The van der Waals surface area contributed by atoms with Crippen molar-refractivity contribution in [2.75, 3.05) is 0 Å².